The predicted molar refractivity (Wildman–Crippen MR) is 107 cm³/mol. The zero-order chi connectivity index (χ0) is 19.2. The van der Waals surface area contributed by atoms with Crippen LogP contribution >= 0.6 is 0 Å². The van der Waals surface area contributed by atoms with Gasteiger partial charge in [-0.15, -0.1) is 0 Å². The zero-order valence-corrected chi connectivity index (χ0v) is 15.4. The van der Waals surface area contributed by atoms with Crippen molar-refractivity contribution in [3.8, 4) is 5.75 Å². The van der Waals surface area contributed by atoms with Crippen molar-refractivity contribution in [1.29, 1.82) is 0 Å². The maximum atomic E-state index is 5.27. The number of nitrogens with zero attached hydrogens (tertiary/aromatic N) is 5. The lowest BCUT2D eigenvalue weighted by molar-refractivity contribution is 0.413. The smallest absolute Gasteiger partial charge is 0.137 e. The average Bonchev–Trinajstić information content (AvgIpc) is 2.79. The number of ether oxygens (including phenoxy) is 1. The van der Waals surface area contributed by atoms with Gasteiger partial charge >= 0.3 is 0 Å². The number of pyridine rings is 4. The zero-order valence-electron chi connectivity index (χ0n) is 15.4. The Bertz CT molecular complexity index is 956. The lowest BCUT2D eigenvalue weighted by atomic mass is 9.99. The third-order valence-electron chi connectivity index (χ3n) is 4.39. The van der Waals surface area contributed by atoms with Gasteiger partial charge in [0, 0.05) is 31.0 Å². The number of methoxy groups -OCH3 is 1. The summed E-state index contributed by atoms with van der Waals surface area (Å²) < 4.78 is 5.27. The molecule has 138 valence electrons. The number of anilines is 2. The molecule has 4 aromatic heterocycles. The van der Waals surface area contributed by atoms with E-state index in [1.165, 1.54) is 0 Å². The highest BCUT2D eigenvalue weighted by Crippen LogP contribution is 2.37. The Morgan fingerprint density at radius 2 is 1.39 bits per heavy atom. The van der Waals surface area contributed by atoms with Gasteiger partial charge in [-0.05, 0) is 47.5 Å². The standard InChI is InChI=1S/C22H19N5O/c1-28-20-8-9-21(26-16-20)27(19-7-4-12-25-15-19)22(17-5-2-10-23-13-17)18-6-3-11-24-14-18/h2-16,22H,1H3. The number of hydrogen-bond acceptors (Lipinski definition) is 6. The maximum absolute atomic E-state index is 5.27. The summed E-state index contributed by atoms with van der Waals surface area (Å²) in [7, 11) is 1.63. The summed E-state index contributed by atoms with van der Waals surface area (Å²) in [4.78, 5) is 19.7. The van der Waals surface area contributed by atoms with E-state index >= 15 is 0 Å². The Balaban J connectivity index is 1.90. The quantitative estimate of drug-likeness (QED) is 0.507. The van der Waals surface area contributed by atoms with Crippen LogP contribution in [-0.4, -0.2) is 27.0 Å². The van der Waals surface area contributed by atoms with Gasteiger partial charge in [-0.25, -0.2) is 4.98 Å². The third kappa shape index (κ3) is 3.66. The van der Waals surface area contributed by atoms with E-state index in [0.717, 1.165) is 22.6 Å². The summed E-state index contributed by atoms with van der Waals surface area (Å²) in [6.45, 7) is 0. The van der Waals surface area contributed by atoms with Crippen molar-refractivity contribution in [3.05, 3.63) is 103 Å². The first kappa shape index (κ1) is 17.6. The van der Waals surface area contributed by atoms with Crippen LogP contribution in [0.25, 0.3) is 0 Å². The van der Waals surface area contributed by atoms with Crippen molar-refractivity contribution in [2.24, 2.45) is 0 Å². The second-order valence-electron chi connectivity index (χ2n) is 6.11. The molecular weight excluding hydrogens is 350 g/mol. The van der Waals surface area contributed by atoms with Gasteiger partial charge in [-0.1, -0.05) is 12.1 Å². The molecule has 6 nitrogen and oxygen atoms in total. The minimum absolute atomic E-state index is 0.174. The minimum Gasteiger partial charge on any atom is -0.495 e. The van der Waals surface area contributed by atoms with E-state index in [-0.39, 0.29) is 6.04 Å². The molecule has 4 heterocycles. The van der Waals surface area contributed by atoms with E-state index in [4.69, 9.17) is 4.74 Å². The molecule has 0 fully saturated rings. The highest BCUT2D eigenvalue weighted by atomic mass is 16.5. The summed E-state index contributed by atoms with van der Waals surface area (Å²) in [6.07, 6.45) is 12.6. The normalized spacial score (nSPS) is 10.6. The van der Waals surface area contributed by atoms with Crippen molar-refractivity contribution < 1.29 is 4.74 Å². The molecule has 6 heteroatoms. The first-order valence-electron chi connectivity index (χ1n) is 8.86. The van der Waals surface area contributed by atoms with Gasteiger partial charge < -0.3 is 9.64 Å². The lowest BCUT2D eigenvalue weighted by Crippen LogP contribution is -2.26. The molecule has 28 heavy (non-hydrogen) atoms. The number of hydrogen-bond donors (Lipinski definition) is 0. The summed E-state index contributed by atoms with van der Waals surface area (Å²) in [5.41, 5.74) is 2.96. The molecule has 0 aliphatic rings. The fourth-order valence-corrected chi connectivity index (χ4v) is 3.11. The van der Waals surface area contributed by atoms with E-state index in [1.54, 1.807) is 31.9 Å². The van der Waals surface area contributed by atoms with Crippen LogP contribution < -0.4 is 9.64 Å². The molecule has 0 N–H and O–H groups in total. The SMILES string of the molecule is COc1ccc(N(c2cccnc2)C(c2cccnc2)c2cccnc2)nc1. The second-order valence-corrected chi connectivity index (χ2v) is 6.11. The molecule has 4 aromatic rings. The van der Waals surface area contributed by atoms with Crippen LogP contribution in [0.4, 0.5) is 11.5 Å². The molecule has 0 atom stereocenters. The van der Waals surface area contributed by atoms with Crippen molar-refractivity contribution in [1.82, 2.24) is 19.9 Å². The van der Waals surface area contributed by atoms with E-state index in [1.807, 2.05) is 55.0 Å². The van der Waals surface area contributed by atoms with Gasteiger partial charge in [0.2, 0.25) is 0 Å². The molecule has 0 aliphatic carbocycles. The largest absolute Gasteiger partial charge is 0.495 e. The van der Waals surface area contributed by atoms with Crippen molar-refractivity contribution in [2.75, 3.05) is 12.0 Å². The van der Waals surface area contributed by atoms with Gasteiger partial charge in [-0.2, -0.15) is 0 Å². The Kier molecular flexibility index (Phi) is 5.20. The van der Waals surface area contributed by atoms with Crippen LogP contribution in [0.3, 0.4) is 0 Å². The van der Waals surface area contributed by atoms with Crippen LogP contribution in [0, 0.1) is 0 Å². The molecule has 0 bridgehead atoms. The number of rotatable bonds is 6. The van der Waals surface area contributed by atoms with Gasteiger partial charge in [0.25, 0.3) is 0 Å². The van der Waals surface area contributed by atoms with Gasteiger partial charge in [-0.3, -0.25) is 15.0 Å². The highest BCUT2D eigenvalue weighted by Gasteiger charge is 2.26. The summed E-state index contributed by atoms with van der Waals surface area (Å²) in [6, 6.07) is 15.6. The Hall–Kier alpha value is -3.80. The first-order valence-corrected chi connectivity index (χ1v) is 8.86. The van der Waals surface area contributed by atoms with E-state index in [9.17, 15) is 0 Å². The minimum atomic E-state index is -0.174. The maximum Gasteiger partial charge on any atom is 0.137 e. The molecule has 0 unspecified atom stereocenters. The fourth-order valence-electron chi connectivity index (χ4n) is 3.11. The van der Waals surface area contributed by atoms with Crippen molar-refractivity contribution >= 4 is 11.5 Å². The van der Waals surface area contributed by atoms with Crippen LogP contribution in [0.5, 0.6) is 5.75 Å². The molecule has 0 saturated heterocycles. The molecule has 0 aromatic carbocycles. The molecule has 0 radical (unpaired) electrons. The summed E-state index contributed by atoms with van der Waals surface area (Å²) in [5.74, 6) is 1.47. The summed E-state index contributed by atoms with van der Waals surface area (Å²) in [5, 5.41) is 0. The van der Waals surface area contributed by atoms with Crippen LogP contribution in [0.15, 0.2) is 91.9 Å². The van der Waals surface area contributed by atoms with Crippen LogP contribution in [0.1, 0.15) is 17.2 Å². The fraction of sp³-hybridized carbons (Fsp3) is 0.0909. The Labute approximate surface area is 163 Å². The van der Waals surface area contributed by atoms with Crippen LogP contribution in [0.2, 0.25) is 0 Å². The van der Waals surface area contributed by atoms with Crippen molar-refractivity contribution in [2.45, 2.75) is 6.04 Å². The molecule has 0 spiro atoms. The topological polar surface area (TPSA) is 64.0 Å². The molecule has 0 aliphatic heterocycles. The Morgan fingerprint density at radius 1 is 0.750 bits per heavy atom. The summed E-state index contributed by atoms with van der Waals surface area (Å²) >= 11 is 0. The van der Waals surface area contributed by atoms with Crippen LogP contribution in [-0.2, 0) is 0 Å². The lowest BCUT2D eigenvalue weighted by Gasteiger charge is -2.33. The predicted octanol–water partition coefficient (Wildman–Crippen LogP) is 4.20. The Morgan fingerprint density at radius 3 is 1.86 bits per heavy atom. The van der Waals surface area contributed by atoms with Gasteiger partial charge in [0.15, 0.2) is 0 Å². The second kappa shape index (κ2) is 8.26. The monoisotopic (exact) mass is 369 g/mol. The van der Waals surface area contributed by atoms with Gasteiger partial charge in [0.1, 0.15) is 11.6 Å². The highest BCUT2D eigenvalue weighted by molar-refractivity contribution is 5.63. The van der Waals surface area contributed by atoms with Crippen molar-refractivity contribution in [3.63, 3.8) is 0 Å². The molecule has 0 amide bonds. The van der Waals surface area contributed by atoms with E-state index in [2.05, 4.69) is 37.0 Å². The van der Waals surface area contributed by atoms with E-state index < -0.39 is 0 Å². The molecular formula is C22H19N5O. The molecule has 4 rings (SSSR count). The molecule has 0 saturated carbocycles. The first-order chi connectivity index (χ1) is 13.9. The van der Waals surface area contributed by atoms with E-state index in [0.29, 0.717) is 5.75 Å². The average molecular weight is 369 g/mol. The number of aromatic nitrogens is 4. The van der Waals surface area contributed by atoms with Gasteiger partial charge in [0.05, 0.1) is 31.2 Å². The third-order valence-corrected chi connectivity index (χ3v) is 4.39.